The van der Waals surface area contributed by atoms with Crippen LogP contribution >= 0.6 is 0 Å². The quantitative estimate of drug-likeness (QED) is 0.449. The van der Waals surface area contributed by atoms with Crippen molar-refractivity contribution in [2.24, 2.45) is 0 Å². The molecule has 0 radical (unpaired) electrons. The topological polar surface area (TPSA) is 130 Å². The Labute approximate surface area is 189 Å². The van der Waals surface area contributed by atoms with Gasteiger partial charge in [-0.3, -0.25) is 9.59 Å². The van der Waals surface area contributed by atoms with E-state index in [0.717, 1.165) is 0 Å². The first-order valence-electron chi connectivity index (χ1n) is 10.1. The minimum Gasteiger partial charge on any atom is -0.320 e. The highest BCUT2D eigenvalue weighted by atomic mass is 32.2. The van der Waals surface area contributed by atoms with Crippen LogP contribution in [0.15, 0.2) is 70.7 Å². The van der Waals surface area contributed by atoms with Crippen LogP contribution in [0.5, 0.6) is 0 Å². The Bertz CT molecular complexity index is 1510. The molecule has 2 N–H and O–H groups in total. The van der Waals surface area contributed by atoms with Gasteiger partial charge in [0, 0.05) is 18.7 Å². The molecule has 0 atom stereocenters. The molecule has 33 heavy (non-hydrogen) atoms. The molecule has 0 aliphatic heterocycles. The van der Waals surface area contributed by atoms with Gasteiger partial charge in [0.25, 0.3) is 11.5 Å². The lowest BCUT2D eigenvalue weighted by Crippen LogP contribution is -2.33. The fraction of sp³-hybridized carbons (Fsp3) is 0.182. The number of nitrogens with zero attached hydrogens (tertiary/aromatic N) is 4. The number of para-hydroxylation sites is 2. The van der Waals surface area contributed by atoms with E-state index in [-0.39, 0.29) is 22.1 Å². The summed E-state index contributed by atoms with van der Waals surface area (Å²) in [5.74, 6) is -0.492. The summed E-state index contributed by atoms with van der Waals surface area (Å²) >= 11 is 0. The molecule has 10 nitrogen and oxygen atoms in total. The van der Waals surface area contributed by atoms with Crippen molar-refractivity contribution in [3.8, 4) is 5.69 Å². The van der Waals surface area contributed by atoms with E-state index < -0.39 is 15.9 Å². The molecule has 4 rings (SSSR count). The summed E-state index contributed by atoms with van der Waals surface area (Å²) in [6.07, 6.45) is 2.68. The summed E-state index contributed by atoms with van der Waals surface area (Å²) in [6, 6.07) is 12.5. The number of nitrogens with one attached hydrogen (secondary N) is 2. The highest BCUT2D eigenvalue weighted by Gasteiger charge is 2.24. The Morgan fingerprint density at radius 3 is 2.67 bits per heavy atom. The van der Waals surface area contributed by atoms with Gasteiger partial charge >= 0.3 is 0 Å². The minimum atomic E-state index is -3.74. The van der Waals surface area contributed by atoms with Crippen molar-refractivity contribution in [2.45, 2.75) is 24.8 Å². The van der Waals surface area contributed by atoms with Crippen LogP contribution in [-0.4, -0.2) is 51.5 Å². The summed E-state index contributed by atoms with van der Waals surface area (Å²) < 4.78 is 28.3. The van der Waals surface area contributed by atoms with E-state index in [9.17, 15) is 18.0 Å². The van der Waals surface area contributed by atoms with Crippen molar-refractivity contribution in [2.75, 3.05) is 12.4 Å². The van der Waals surface area contributed by atoms with Gasteiger partial charge in [-0.05, 0) is 44.2 Å². The van der Waals surface area contributed by atoms with Crippen molar-refractivity contribution in [1.82, 2.24) is 24.1 Å². The molecule has 2 heterocycles. The summed E-state index contributed by atoms with van der Waals surface area (Å²) in [5, 5.41) is 7.36. The van der Waals surface area contributed by atoms with E-state index in [0.29, 0.717) is 22.4 Å². The predicted octanol–water partition coefficient (Wildman–Crippen LogP) is 2.39. The number of hydrogen-bond acceptors (Lipinski definition) is 6. The number of hydrogen-bond donors (Lipinski definition) is 2. The number of H-pyrrole nitrogens is 1. The van der Waals surface area contributed by atoms with Crippen LogP contribution in [-0.2, 0) is 10.0 Å². The summed E-state index contributed by atoms with van der Waals surface area (Å²) in [7, 11) is -2.24. The van der Waals surface area contributed by atoms with Crippen molar-refractivity contribution in [1.29, 1.82) is 0 Å². The van der Waals surface area contributed by atoms with Crippen LogP contribution in [0, 0.1) is 0 Å². The zero-order chi connectivity index (χ0) is 23.8. The van der Waals surface area contributed by atoms with E-state index in [1.807, 2.05) is 0 Å². The molecular weight excluding hydrogens is 444 g/mol. The Hall–Kier alpha value is -3.83. The van der Waals surface area contributed by atoms with Gasteiger partial charge in [-0.2, -0.15) is 9.40 Å². The SMILES string of the molecule is CC(C)N(C)S(=O)(=O)c1cccc(C(=O)Nc2ccccc2-n2ncc3c(=O)[nH]cnc32)c1. The number of anilines is 1. The Morgan fingerprint density at radius 2 is 1.91 bits per heavy atom. The highest BCUT2D eigenvalue weighted by molar-refractivity contribution is 7.89. The normalized spacial score (nSPS) is 11.9. The van der Waals surface area contributed by atoms with Gasteiger partial charge in [-0.15, -0.1) is 0 Å². The third-order valence-electron chi connectivity index (χ3n) is 5.25. The maximum Gasteiger partial charge on any atom is 0.261 e. The van der Waals surface area contributed by atoms with Gasteiger partial charge in [0.15, 0.2) is 5.65 Å². The predicted molar refractivity (Wildman–Crippen MR) is 124 cm³/mol. The number of fused-ring (bicyclic) bond motifs is 1. The molecule has 170 valence electrons. The maximum atomic E-state index is 13.0. The molecule has 1 amide bonds. The molecule has 4 aromatic rings. The first-order valence-corrected chi connectivity index (χ1v) is 11.5. The molecule has 0 unspecified atom stereocenters. The van der Waals surface area contributed by atoms with Crippen molar-refractivity contribution in [3.05, 3.63) is 77.0 Å². The fourth-order valence-electron chi connectivity index (χ4n) is 3.23. The lowest BCUT2D eigenvalue weighted by Gasteiger charge is -2.21. The number of amides is 1. The van der Waals surface area contributed by atoms with Gasteiger partial charge < -0.3 is 10.3 Å². The Balaban J connectivity index is 1.69. The number of rotatable bonds is 6. The van der Waals surface area contributed by atoms with Crippen LogP contribution in [0.25, 0.3) is 16.7 Å². The van der Waals surface area contributed by atoms with E-state index >= 15 is 0 Å². The number of carbonyl (C=O) groups is 1. The third-order valence-corrected chi connectivity index (χ3v) is 7.28. The van der Waals surface area contributed by atoms with Gasteiger partial charge in [-0.25, -0.2) is 18.1 Å². The molecule has 0 aliphatic rings. The number of sulfonamides is 1. The first kappa shape index (κ1) is 22.4. The summed E-state index contributed by atoms with van der Waals surface area (Å²) in [6.45, 7) is 3.54. The van der Waals surface area contributed by atoms with Crippen LogP contribution in [0.2, 0.25) is 0 Å². The molecule has 0 fully saturated rings. The number of aromatic amines is 1. The monoisotopic (exact) mass is 466 g/mol. The highest BCUT2D eigenvalue weighted by Crippen LogP contribution is 2.24. The second kappa shape index (κ2) is 8.60. The average Bonchev–Trinajstić information content (AvgIpc) is 3.24. The lowest BCUT2D eigenvalue weighted by atomic mass is 10.2. The number of aromatic nitrogens is 4. The van der Waals surface area contributed by atoms with E-state index in [4.69, 9.17) is 0 Å². The van der Waals surface area contributed by atoms with Crippen molar-refractivity contribution in [3.63, 3.8) is 0 Å². The van der Waals surface area contributed by atoms with Gasteiger partial charge in [0.05, 0.1) is 28.8 Å². The fourth-order valence-corrected chi connectivity index (χ4v) is 4.65. The summed E-state index contributed by atoms with van der Waals surface area (Å²) in [5.41, 5.74) is 1.12. The van der Waals surface area contributed by atoms with E-state index in [1.54, 1.807) is 38.1 Å². The average molecular weight is 467 g/mol. The first-order chi connectivity index (χ1) is 15.7. The van der Waals surface area contributed by atoms with Crippen LogP contribution in [0.3, 0.4) is 0 Å². The minimum absolute atomic E-state index is 0.0288. The zero-order valence-electron chi connectivity index (χ0n) is 18.2. The van der Waals surface area contributed by atoms with Gasteiger partial charge in [0.2, 0.25) is 10.0 Å². The molecule has 2 aromatic heterocycles. The standard InChI is InChI=1S/C22H22N6O4S/c1-14(2)27(3)33(31,32)16-8-6-7-15(11-16)21(29)26-18-9-4-5-10-19(18)28-20-17(12-25-28)22(30)24-13-23-20/h4-14H,1-3H3,(H,26,29)(H,23,24,30). The van der Waals surface area contributed by atoms with E-state index in [1.165, 1.54) is 52.8 Å². The number of benzene rings is 2. The van der Waals surface area contributed by atoms with Crippen molar-refractivity contribution < 1.29 is 13.2 Å². The Kier molecular flexibility index (Phi) is 5.83. The lowest BCUT2D eigenvalue weighted by molar-refractivity contribution is 0.102. The van der Waals surface area contributed by atoms with Crippen LogP contribution in [0.4, 0.5) is 5.69 Å². The Morgan fingerprint density at radius 1 is 1.15 bits per heavy atom. The maximum absolute atomic E-state index is 13.0. The molecule has 0 spiro atoms. The third kappa shape index (κ3) is 4.15. The smallest absolute Gasteiger partial charge is 0.261 e. The second-order valence-electron chi connectivity index (χ2n) is 7.64. The molecule has 0 aliphatic carbocycles. The molecule has 11 heteroatoms. The van der Waals surface area contributed by atoms with Crippen LogP contribution in [0.1, 0.15) is 24.2 Å². The number of carbonyl (C=O) groups excluding carboxylic acids is 1. The molecular formula is C22H22N6O4S. The zero-order valence-corrected chi connectivity index (χ0v) is 19.0. The summed E-state index contributed by atoms with van der Waals surface area (Å²) in [4.78, 5) is 31.7. The van der Waals surface area contributed by atoms with Gasteiger partial charge in [-0.1, -0.05) is 18.2 Å². The van der Waals surface area contributed by atoms with E-state index in [2.05, 4.69) is 20.4 Å². The van der Waals surface area contributed by atoms with Crippen LogP contribution < -0.4 is 10.9 Å². The molecule has 0 saturated carbocycles. The molecule has 0 saturated heterocycles. The molecule has 2 aromatic carbocycles. The van der Waals surface area contributed by atoms with Gasteiger partial charge in [0.1, 0.15) is 5.39 Å². The largest absolute Gasteiger partial charge is 0.320 e. The molecule has 0 bridgehead atoms. The van der Waals surface area contributed by atoms with Crippen molar-refractivity contribution >= 4 is 32.7 Å². The second-order valence-corrected chi connectivity index (χ2v) is 9.64.